The van der Waals surface area contributed by atoms with Gasteiger partial charge in [0.2, 0.25) is 0 Å². The number of carbonyl (C=O) groups is 1. The van der Waals surface area contributed by atoms with Crippen molar-refractivity contribution < 1.29 is 9.90 Å². The van der Waals surface area contributed by atoms with Crippen LogP contribution in [-0.4, -0.2) is 41.9 Å². The molecule has 0 aliphatic heterocycles. The Labute approximate surface area is 84.8 Å². The Balaban J connectivity index is 3.78. The third-order valence-electron chi connectivity index (χ3n) is 1.65. The fourth-order valence-corrected chi connectivity index (χ4v) is 0.992. The third kappa shape index (κ3) is 6.59. The fourth-order valence-electron chi connectivity index (χ4n) is 0.992. The Kier molecular flexibility index (Phi) is 7.00. The van der Waals surface area contributed by atoms with Crippen LogP contribution in [0.3, 0.4) is 0 Å². The van der Waals surface area contributed by atoms with Gasteiger partial charge in [0.15, 0.2) is 0 Å². The van der Waals surface area contributed by atoms with E-state index in [9.17, 15) is 4.79 Å². The molecule has 0 bridgehead atoms. The summed E-state index contributed by atoms with van der Waals surface area (Å²) in [6.07, 6.45) is 1.79. The van der Waals surface area contributed by atoms with E-state index in [1.54, 1.807) is 11.1 Å². The summed E-state index contributed by atoms with van der Waals surface area (Å²) in [5.74, 6) is -0.838. The van der Waals surface area contributed by atoms with E-state index in [4.69, 9.17) is 5.11 Å². The van der Waals surface area contributed by atoms with Gasteiger partial charge in [0.25, 0.3) is 0 Å². The highest BCUT2D eigenvalue weighted by Gasteiger charge is 2.09. The van der Waals surface area contributed by atoms with Crippen LogP contribution in [0.2, 0.25) is 0 Å². The zero-order valence-corrected chi connectivity index (χ0v) is 8.79. The number of hydrogen-bond donors (Lipinski definition) is 3. The molecule has 0 aliphatic carbocycles. The van der Waals surface area contributed by atoms with Gasteiger partial charge in [-0.2, -0.15) is 0 Å². The van der Waals surface area contributed by atoms with Crippen molar-refractivity contribution in [3.05, 3.63) is 12.7 Å². The topological polar surface area (TPSA) is 64.6 Å². The summed E-state index contributed by atoms with van der Waals surface area (Å²) >= 11 is 0. The number of likely N-dealkylation sites (N-methyl/N-ethyl adjacent to an activating group) is 1. The molecule has 0 aromatic rings. The molecule has 0 aliphatic rings. The molecule has 0 spiro atoms. The molecule has 0 fully saturated rings. The van der Waals surface area contributed by atoms with Gasteiger partial charge in [0.05, 0.1) is 6.17 Å². The van der Waals surface area contributed by atoms with E-state index in [1.165, 1.54) is 0 Å². The van der Waals surface area contributed by atoms with Crippen LogP contribution in [0.25, 0.3) is 0 Å². The van der Waals surface area contributed by atoms with Crippen LogP contribution >= 0.6 is 0 Å². The van der Waals surface area contributed by atoms with Crippen molar-refractivity contribution >= 4 is 5.97 Å². The maximum atomic E-state index is 10.4. The first-order chi connectivity index (χ1) is 6.60. The fraction of sp³-hybridized carbons (Fsp3) is 0.667. The largest absolute Gasteiger partial charge is 0.480 e. The van der Waals surface area contributed by atoms with Crippen LogP contribution in [0.5, 0.6) is 0 Å². The monoisotopic (exact) mass is 201 g/mol. The minimum Gasteiger partial charge on any atom is -0.480 e. The summed E-state index contributed by atoms with van der Waals surface area (Å²) in [7, 11) is 0. The van der Waals surface area contributed by atoms with Gasteiger partial charge in [-0.25, -0.2) is 10.4 Å². The maximum Gasteiger partial charge on any atom is 0.319 e. The third-order valence-corrected chi connectivity index (χ3v) is 1.65. The number of rotatable bonds is 8. The Morgan fingerprint density at radius 3 is 2.79 bits per heavy atom. The molecule has 0 aromatic carbocycles. The summed E-state index contributed by atoms with van der Waals surface area (Å²) < 4.78 is 0. The van der Waals surface area contributed by atoms with Crippen molar-refractivity contribution in [1.82, 2.24) is 15.8 Å². The van der Waals surface area contributed by atoms with Gasteiger partial charge >= 0.3 is 5.97 Å². The molecule has 14 heavy (non-hydrogen) atoms. The highest BCUT2D eigenvalue weighted by atomic mass is 16.4. The summed E-state index contributed by atoms with van der Waals surface area (Å²) in [4.78, 5) is 10.4. The van der Waals surface area contributed by atoms with E-state index in [0.29, 0.717) is 13.1 Å². The van der Waals surface area contributed by atoms with E-state index in [-0.39, 0.29) is 12.7 Å². The first-order valence-corrected chi connectivity index (χ1v) is 4.67. The summed E-state index contributed by atoms with van der Waals surface area (Å²) in [6, 6.07) is 0. The Hall–Kier alpha value is -0.910. The number of hydrogen-bond acceptors (Lipinski definition) is 4. The molecule has 0 saturated heterocycles. The number of carboxylic acid groups (broad SMARTS) is 1. The van der Waals surface area contributed by atoms with Crippen molar-refractivity contribution in [3.63, 3.8) is 0 Å². The minimum absolute atomic E-state index is 0.00336. The van der Waals surface area contributed by atoms with E-state index in [1.807, 2.05) is 13.8 Å². The first-order valence-electron chi connectivity index (χ1n) is 4.67. The second-order valence-corrected chi connectivity index (χ2v) is 2.96. The Morgan fingerprint density at radius 1 is 1.71 bits per heavy atom. The van der Waals surface area contributed by atoms with Gasteiger partial charge in [-0.15, -0.1) is 6.58 Å². The molecule has 3 N–H and O–H groups in total. The first kappa shape index (κ1) is 13.1. The molecule has 0 saturated carbocycles. The molecule has 0 amide bonds. The Bertz CT molecular complexity index is 185. The molecule has 1 unspecified atom stereocenters. The zero-order chi connectivity index (χ0) is 11.0. The number of carboxylic acids is 1. The standard InChI is InChI=1S/C9H19N3O2/c1-4-6-10-8(3)11-12(5-2)7-9(13)14/h4,8,10-11H,1,5-7H2,2-3H3,(H,13,14). The van der Waals surface area contributed by atoms with Gasteiger partial charge in [0.1, 0.15) is 6.54 Å². The predicted molar refractivity (Wildman–Crippen MR) is 55.7 cm³/mol. The van der Waals surface area contributed by atoms with E-state index in [0.717, 1.165) is 0 Å². The smallest absolute Gasteiger partial charge is 0.319 e. The van der Waals surface area contributed by atoms with Crippen LogP contribution in [0.1, 0.15) is 13.8 Å². The maximum absolute atomic E-state index is 10.4. The summed E-state index contributed by atoms with van der Waals surface area (Å²) in [5.41, 5.74) is 3.03. The molecular formula is C9H19N3O2. The number of hydrazine groups is 1. The number of nitrogens with zero attached hydrogens (tertiary/aromatic N) is 1. The van der Waals surface area contributed by atoms with Crippen LogP contribution in [0.15, 0.2) is 12.7 Å². The quantitative estimate of drug-likeness (QED) is 0.293. The molecule has 1 atom stereocenters. The lowest BCUT2D eigenvalue weighted by molar-refractivity contribution is -0.139. The zero-order valence-electron chi connectivity index (χ0n) is 8.79. The molecule has 0 aromatic heterocycles. The summed E-state index contributed by atoms with van der Waals surface area (Å²) in [6.45, 7) is 8.74. The van der Waals surface area contributed by atoms with Crippen molar-refractivity contribution in [2.45, 2.75) is 20.0 Å². The SMILES string of the molecule is C=CCNC(C)NN(CC)CC(=O)O. The van der Waals surface area contributed by atoms with Crippen molar-refractivity contribution in [1.29, 1.82) is 0 Å². The molecule has 5 heteroatoms. The molecule has 82 valence electrons. The molecule has 0 heterocycles. The normalized spacial score (nSPS) is 12.8. The average Bonchev–Trinajstić information content (AvgIpc) is 2.12. The van der Waals surface area contributed by atoms with Crippen molar-refractivity contribution in [2.24, 2.45) is 0 Å². The molecular weight excluding hydrogens is 182 g/mol. The summed E-state index contributed by atoms with van der Waals surface area (Å²) in [5, 5.41) is 13.3. The lowest BCUT2D eigenvalue weighted by Gasteiger charge is -2.24. The number of aliphatic carboxylic acids is 1. The lowest BCUT2D eigenvalue weighted by Crippen LogP contribution is -2.51. The van der Waals surface area contributed by atoms with Gasteiger partial charge in [0, 0.05) is 13.1 Å². The number of nitrogens with one attached hydrogen (secondary N) is 2. The minimum atomic E-state index is -0.838. The van der Waals surface area contributed by atoms with E-state index in [2.05, 4.69) is 17.3 Å². The van der Waals surface area contributed by atoms with Crippen LogP contribution in [0.4, 0.5) is 0 Å². The predicted octanol–water partition coefficient (Wildman–Crippen LogP) is 0.0191. The molecule has 5 nitrogen and oxygen atoms in total. The highest BCUT2D eigenvalue weighted by molar-refractivity contribution is 5.68. The second-order valence-electron chi connectivity index (χ2n) is 2.96. The lowest BCUT2D eigenvalue weighted by atomic mass is 10.5. The van der Waals surface area contributed by atoms with E-state index < -0.39 is 5.97 Å². The van der Waals surface area contributed by atoms with Gasteiger partial charge in [-0.1, -0.05) is 13.0 Å². The second kappa shape index (κ2) is 7.49. The van der Waals surface area contributed by atoms with Gasteiger partial charge in [-0.3, -0.25) is 10.1 Å². The van der Waals surface area contributed by atoms with Crippen LogP contribution in [-0.2, 0) is 4.79 Å². The average molecular weight is 201 g/mol. The van der Waals surface area contributed by atoms with Gasteiger partial charge in [-0.05, 0) is 6.92 Å². The molecule has 0 radical (unpaired) electrons. The van der Waals surface area contributed by atoms with E-state index >= 15 is 0 Å². The Morgan fingerprint density at radius 2 is 2.36 bits per heavy atom. The van der Waals surface area contributed by atoms with Crippen molar-refractivity contribution in [2.75, 3.05) is 19.6 Å². The van der Waals surface area contributed by atoms with Crippen LogP contribution in [0, 0.1) is 0 Å². The van der Waals surface area contributed by atoms with Crippen LogP contribution < -0.4 is 10.7 Å². The highest BCUT2D eigenvalue weighted by Crippen LogP contribution is 1.84. The molecule has 0 rings (SSSR count). The van der Waals surface area contributed by atoms with Gasteiger partial charge < -0.3 is 5.11 Å². The van der Waals surface area contributed by atoms with Crippen molar-refractivity contribution in [3.8, 4) is 0 Å².